The Morgan fingerprint density at radius 3 is 2.78 bits per heavy atom. The lowest BCUT2D eigenvalue weighted by Gasteiger charge is -2.35. The second-order valence-corrected chi connectivity index (χ2v) is 7.54. The number of piperidine rings is 1. The Labute approximate surface area is 183 Å². The van der Waals surface area contributed by atoms with Gasteiger partial charge in [-0.3, -0.25) is 4.99 Å². The molecule has 0 saturated carbocycles. The van der Waals surface area contributed by atoms with Gasteiger partial charge in [0.2, 0.25) is 0 Å². The zero-order valence-corrected chi connectivity index (χ0v) is 19.3. The van der Waals surface area contributed by atoms with Gasteiger partial charge in [-0.25, -0.2) is 4.98 Å². The summed E-state index contributed by atoms with van der Waals surface area (Å²) in [5.41, 5.74) is 2.33. The van der Waals surface area contributed by atoms with Crippen molar-refractivity contribution >= 4 is 52.1 Å². The Morgan fingerprint density at radius 2 is 2.11 bits per heavy atom. The van der Waals surface area contributed by atoms with Crippen LogP contribution in [0.1, 0.15) is 18.5 Å². The molecule has 1 aromatic carbocycles. The smallest absolute Gasteiger partial charge is 0.191 e. The molecule has 2 aromatic rings. The van der Waals surface area contributed by atoms with Gasteiger partial charge in [-0.1, -0.05) is 18.2 Å². The molecule has 2 N–H and O–H groups in total. The molecule has 1 unspecified atom stereocenters. The van der Waals surface area contributed by atoms with E-state index in [2.05, 4.69) is 61.2 Å². The average Bonchev–Trinajstić information content (AvgIpc) is 3.15. The molecule has 6 nitrogen and oxygen atoms in total. The molecule has 1 fully saturated rings. The van der Waals surface area contributed by atoms with Crippen LogP contribution in [0.5, 0.6) is 0 Å². The molecular weight excluding hydrogens is 471 g/mol. The van der Waals surface area contributed by atoms with Crippen molar-refractivity contribution in [3.63, 3.8) is 0 Å². The van der Waals surface area contributed by atoms with E-state index >= 15 is 0 Å². The van der Waals surface area contributed by atoms with Crippen LogP contribution in [0.15, 0.2) is 40.7 Å². The fourth-order valence-corrected chi connectivity index (χ4v) is 3.87. The van der Waals surface area contributed by atoms with Gasteiger partial charge in [0, 0.05) is 51.3 Å². The molecule has 2 heterocycles. The number of anilines is 2. The third-order valence-electron chi connectivity index (χ3n) is 4.47. The number of thiazole rings is 1. The highest BCUT2D eigenvalue weighted by Crippen LogP contribution is 2.20. The number of benzene rings is 1. The molecule has 0 bridgehead atoms. The van der Waals surface area contributed by atoms with Crippen molar-refractivity contribution < 1.29 is 0 Å². The Morgan fingerprint density at radius 1 is 1.33 bits per heavy atom. The van der Waals surface area contributed by atoms with Crippen LogP contribution in [0.2, 0.25) is 0 Å². The van der Waals surface area contributed by atoms with Crippen molar-refractivity contribution in [2.45, 2.75) is 25.4 Å². The fraction of sp³-hybridized carbons (Fsp3) is 0.474. The molecular formula is C19H29IN6S. The summed E-state index contributed by atoms with van der Waals surface area (Å²) < 4.78 is 0. The molecule has 0 radical (unpaired) electrons. The van der Waals surface area contributed by atoms with E-state index in [1.54, 1.807) is 11.3 Å². The van der Waals surface area contributed by atoms with Crippen molar-refractivity contribution in [2.75, 3.05) is 44.0 Å². The van der Waals surface area contributed by atoms with Crippen molar-refractivity contribution in [3.8, 4) is 0 Å². The van der Waals surface area contributed by atoms with Crippen LogP contribution in [0.3, 0.4) is 0 Å². The number of hydrogen-bond acceptors (Lipinski definition) is 5. The Kier molecular flexibility index (Phi) is 8.62. The minimum absolute atomic E-state index is 0. The van der Waals surface area contributed by atoms with E-state index in [1.165, 1.54) is 12.1 Å². The van der Waals surface area contributed by atoms with Gasteiger partial charge in [0.1, 0.15) is 0 Å². The number of guanidine groups is 1. The maximum atomic E-state index is 4.61. The van der Waals surface area contributed by atoms with Crippen LogP contribution in [0.4, 0.5) is 10.8 Å². The molecule has 0 aliphatic carbocycles. The third kappa shape index (κ3) is 6.24. The number of aromatic nitrogens is 1. The van der Waals surface area contributed by atoms with Crippen LogP contribution in [-0.4, -0.2) is 51.2 Å². The van der Waals surface area contributed by atoms with E-state index in [1.807, 2.05) is 26.0 Å². The lowest BCUT2D eigenvalue weighted by Crippen LogP contribution is -2.51. The summed E-state index contributed by atoms with van der Waals surface area (Å²) in [6.45, 7) is 2.78. The molecule has 0 spiro atoms. The summed E-state index contributed by atoms with van der Waals surface area (Å²) in [5.74, 6) is 0.837. The summed E-state index contributed by atoms with van der Waals surface area (Å²) in [6.07, 6.45) is 2.34. The zero-order chi connectivity index (χ0) is 18.4. The molecule has 1 aromatic heterocycles. The number of para-hydroxylation sites is 1. The second kappa shape index (κ2) is 10.7. The third-order valence-corrected chi connectivity index (χ3v) is 5.52. The van der Waals surface area contributed by atoms with Gasteiger partial charge in [-0.05, 0) is 25.0 Å². The summed E-state index contributed by atoms with van der Waals surface area (Å²) in [7, 11) is 5.84. The quantitative estimate of drug-likeness (QED) is 0.376. The summed E-state index contributed by atoms with van der Waals surface area (Å²) >= 11 is 1.66. The highest BCUT2D eigenvalue weighted by atomic mass is 127. The van der Waals surface area contributed by atoms with E-state index in [4.69, 9.17) is 0 Å². The summed E-state index contributed by atoms with van der Waals surface area (Å²) in [4.78, 5) is 13.5. The number of aliphatic imine (C=N–C) groups is 1. The monoisotopic (exact) mass is 500 g/mol. The zero-order valence-electron chi connectivity index (χ0n) is 16.2. The van der Waals surface area contributed by atoms with Crippen molar-refractivity contribution in [1.82, 2.24) is 15.6 Å². The molecule has 1 aliphatic heterocycles. The van der Waals surface area contributed by atoms with E-state index < -0.39 is 0 Å². The molecule has 3 rings (SSSR count). The van der Waals surface area contributed by atoms with Crippen molar-refractivity contribution in [1.29, 1.82) is 0 Å². The van der Waals surface area contributed by atoms with Crippen LogP contribution in [-0.2, 0) is 6.54 Å². The van der Waals surface area contributed by atoms with Crippen molar-refractivity contribution in [2.24, 2.45) is 4.99 Å². The van der Waals surface area contributed by atoms with E-state index in [9.17, 15) is 0 Å². The number of nitrogens with one attached hydrogen (secondary N) is 2. The largest absolute Gasteiger partial charge is 0.369 e. The Bertz CT molecular complexity index is 718. The van der Waals surface area contributed by atoms with Gasteiger partial charge < -0.3 is 20.4 Å². The van der Waals surface area contributed by atoms with E-state index in [-0.39, 0.29) is 24.0 Å². The van der Waals surface area contributed by atoms with Crippen LogP contribution >= 0.6 is 35.3 Å². The highest BCUT2D eigenvalue weighted by molar-refractivity contribution is 14.0. The number of hydrogen-bond donors (Lipinski definition) is 2. The molecule has 27 heavy (non-hydrogen) atoms. The lowest BCUT2D eigenvalue weighted by atomic mass is 10.1. The van der Waals surface area contributed by atoms with Gasteiger partial charge >= 0.3 is 0 Å². The molecule has 148 valence electrons. The number of nitrogens with zero attached hydrogens (tertiary/aromatic N) is 4. The molecule has 0 amide bonds. The number of halogens is 1. The lowest BCUT2D eigenvalue weighted by molar-refractivity contribution is 0.468. The molecule has 1 saturated heterocycles. The highest BCUT2D eigenvalue weighted by Gasteiger charge is 2.20. The fourth-order valence-electron chi connectivity index (χ4n) is 3.11. The topological polar surface area (TPSA) is 55.8 Å². The van der Waals surface area contributed by atoms with Crippen LogP contribution in [0.25, 0.3) is 0 Å². The minimum Gasteiger partial charge on any atom is -0.369 e. The maximum Gasteiger partial charge on any atom is 0.191 e. The van der Waals surface area contributed by atoms with E-state index in [0.717, 1.165) is 36.3 Å². The van der Waals surface area contributed by atoms with Crippen LogP contribution < -0.4 is 20.4 Å². The Balaban J connectivity index is 0.00000261. The normalized spacial score (nSPS) is 17.2. The Hall–Kier alpha value is -1.55. The van der Waals surface area contributed by atoms with Crippen molar-refractivity contribution in [3.05, 3.63) is 41.4 Å². The van der Waals surface area contributed by atoms with E-state index in [0.29, 0.717) is 12.6 Å². The van der Waals surface area contributed by atoms with Gasteiger partial charge in [-0.2, -0.15) is 0 Å². The van der Waals surface area contributed by atoms with Gasteiger partial charge in [0.05, 0.1) is 12.2 Å². The molecule has 1 aliphatic rings. The first kappa shape index (κ1) is 21.7. The summed E-state index contributed by atoms with van der Waals surface area (Å²) in [6, 6.07) is 11.0. The average molecular weight is 500 g/mol. The number of rotatable bonds is 5. The van der Waals surface area contributed by atoms with Crippen LogP contribution in [0, 0.1) is 0 Å². The van der Waals surface area contributed by atoms with Gasteiger partial charge in [0.15, 0.2) is 11.1 Å². The summed E-state index contributed by atoms with van der Waals surface area (Å²) in [5, 5.41) is 10.1. The first-order valence-corrected chi connectivity index (χ1v) is 9.92. The second-order valence-electron chi connectivity index (χ2n) is 6.71. The maximum absolute atomic E-state index is 4.61. The first-order valence-electron chi connectivity index (χ1n) is 9.04. The predicted octanol–water partition coefficient (Wildman–Crippen LogP) is 3.16. The first-order chi connectivity index (χ1) is 12.7. The van der Waals surface area contributed by atoms with Gasteiger partial charge in [0.25, 0.3) is 0 Å². The van der Waals surface area contributed by atoms with Gasteiger partial charge in [-0.15, -0.1) is 35.3 Å². The SMILES string of the molecule is CN=C(NCc1csc(N(C)C)n1)NC1CCCN(c2ccccc2)C1.I. The standard InChI is InChI=1S/C19H28N6S.HI/c1-20-18(21-12-16-14-26-19(23-16)24(2)3)22-15-8-7-11-25(13-15)17-9-5-4-6-10-17;/h4-6,9-10,14-15H,7-8,11-13H2,1-3H3,(H2,20,21,22);1H. The molecule has 1 atom stereocenters. The predicted molar refractivity (Wildman–Crippen MR) is 127 cm³/mol. The molecule has 8 heteroatoms. The minimum atomic E-state index is 0.